The van der Waals surface area contributed by atoms with Crippen molar-refractivity contribution in [2.75, 3.05) is 11.4 Å². The molecule has 1 N–H and O–H groups in total. The lowest BCUT2D eigenvalue weighted by Gasteiger charge is -2.34. The highest BCUT2D eigenvalue weighted by Crippen LogP contribution is 2.25. The summed E-state index contributed by atoms with van der Waals surface area (Å²) in [4.78, 5) is 14.1. The number of nitrogens with zero attached hydrogens (tertiary/aromatic N) is 3. The van der Waals surface area contributed by atoms with E-state index in [0.717, 1.165) is 12.1 Å². The van der Waals surface area contributed by atoms with Gasteiger partial charge in [0.25, 0.3) is 0 Å². The van der Waals surface area contributed by atoms with Gasteiger partial charge in [-0.15, -0.1) is 0 Å². The van der Waals surface area contributed by atoms with Gasteiger partial charge >= 0.3 is 0 Å². The van der Waals surface area contributed by atoms with Crippen LogP contribution >= 0.6 is 0 Å². The highest BCUT2D eigenvalue weighted by molar-refractivity contribution is 5.86. The van der Waals surface area contributed by atoms with Crippen LogP contribution in [0.25, 0.3) is 0 Å². The van der Waals surface area contributed by atoms with Crippen molar-refractivity contribution in [3.8, 4) is 12.1 Å². The molecule has 1 saturated heterocycles. The number of nitrogens with one attached hydrogen (secondary N) is 1. The molecule has 0 radical (unpaired) electrons. The van der Waals surface area contributed by atoms with Gasteiger partial charge in [-0.2, -0.15) is 10.5 Å². The third-order valence-corrected chi connectivity index (χ3v) is 3.55. The molecule has 5 heteroatoms. The van der Waals surface area contributed by atoms with Gasteiger partial charge in [-0.1, -0.05) is 0 Å². The lowest BCUT2D eigenvalue weighted by atomic mass is 10.1. The van der Waals surface area contributed by atoms with Gasteiger partial charge in [0.15, 0.2) is 0 Å². The van der Waals surface area contributed by atoms with Crippen molar-refractivity contribution in [1.82, 2.24) is 5.32 Å². The lowest BCUT2D eigenvalue weighted by molar-refractivity contribution is -0.122. The van der Waals surface area contributed by atoms with E-state index in [9.17, 15) is 4.79 Å². The predicted octanol–water partition coefficient (Wildman–Crippen LogP) is 1.56. The Hall–Kier alpha value is -2.53. The molecule has 1 amide bonds. The quantitative estimate of drug-likeness (QED) is 0.882. The second-order valence-electron chi connectivity index (χ2n) is 4.87. The topological polar surface area (TPSA) is 79.9 Å². The second-order valence-corrected chi connectivity index (χ2v) is 4.87. The van der Waals surface area contributed by atoms with Gasteiger partial charge in [0.1, 0.15) is 6.04 Å². The molecule has 2 unspecified atom stereocenters. The van der Waals surface area contributed by atoms with Crippen LogP contribution in [0, 0.1) is 22.7 Å². The number of amides is 1. The molecule has 1 heterocycles. The van der Waals surface area contributed by atoms with Gasteiger partial charge in [-0.05, 0) is 37.6 Å². The van der Waals surface area contributed by atoms with Gasteiger partial charge in [-0.3, -0.25) is 4.79 Å². The molecule has 1 aromatic rings. The van der Waals surface area contributed by atoms with Gasteiger partial charge in [0.2, 0.25) is 5.91 Å². The highest BCUT2D eigenvalue weighted by atomic mass is 16.2. The van der Waals surface area contributed by atoms with Crippen LogP contribution in [0.2, 0.25) is 0 Å². The Bertz CT molecular complexity index is 567. The Morgan fingerprint density at radius 1 is 1.35 bits per heavy atom. The number of benzene rings is 1. The van der Waals surface area contributed by atoms with E-state index in [0.29, 0.717) is 12.1 Å². The highest BCUT2D eigenvalue weighted by Gasteiger charge is 2.32. The average Bonchev–Trinajstić information content (AvgIpc) is 2.59. The van der Waals surface area contributed by atoms with Crippen LogP contribution in [0.5, 0.6) is 0 Å². The first-order valence-corrected chi connectivity index (χ1v) is 6.60. The number of rotatable bonds is 2. The minimum Gasteiger partial charge on any atom is -0.356 e. The van der Waals surface area contributed by atoms with Crippen molar-refractivity contribution < 1.29 is 4.79 Å². The van der Waals surface area contributed by atoms with Crippen LogP contribution in [0.3, 0.4) is 0 Å². The molecule has 0 spiro atoms. The Labute approximate surface area is 118 Å². The summed E-state index contributed by atoms with van der Waals surface area (Å²) in [5.41, 5.74) is 1.45. The molecule has 20 heavy (non-hydrogen) atoms. The summed E-state index contributed by atoms with van der Waals surface area (Å²) in [7, 11) is 0. The lowest BCUT2D eigenvalue weighted by Crippen LogP contribution is -2.47. The minimum atomic E-state index is -0.481. The molecule has 1 aliphatic rings. The number of hydrogen-bond acceptors (Lipinski definition) is 4. The second kappa shape index (κ2) is 6.08. The Morgan fingerprint density at radius 2 is 2.05 bits per heavy atom. The molecule has 0 bridgehead atoms. The Balaban J connectivity index is 2.38. The molecule has 5 nitrogen and oxygen atoms in total. The van der Waals surface area contributed by atoms with Crippen molar-refractivity contribution in [1.29, 1.82) is 10.5 Å². The fraction of sp³-hybridized carbons (Fsp3) is 0.400. The van der Waals surface area contributed by atoms with E-state index in [1.54, 1.807) is 12.1 Å². The molecule has 1 aromatic carbocycles. The SMILES string of the molecule is CC1CCNC(=O)C(CC#N)N1c1ccc(C#N)cc1. The van der Waals surface area contributed by atoms with Crippen LogP contribution in [-0.4, -0.2) is 24.5 Å². The number of anilines is 1. The number of carbonyl (C=O) groups is 1. The number of nitriles is 2. The van der Waals surface area contributed by atoms with Gasteiger partial charge in [0, 0.05) is 18.3 Å². The van der Waals surface area contributed by atoms with Crippen LogP contribution in [0.1, 0.15) is 25.3 Å². The maximum absolute atomic E-state index is 12.1. The van der Waals surface area contributed by atoms with E-state index >= 15 is 0 Å². The molecular weight excluding hydrogens is 252 g/mol. The summed E-state index contributed by atoms with van der Waals surface area (Å²) in [5, 5.41) is 20.7. The van der Waals surface area contributed by atoms with E-state index < -0.39 is 6.04 Å². The average molecular weight is 268 g/mol. The fourth-order valence-electron chi connectivity index (χ4n) is 2.51. The van der Waals surface area contributed by atoms with Crippen LogP contribution in [-0.2, 0) is 4.79 Å². The van der Waals surface area contributed by atoms with E-state index in [2.05, 4.69) is 17.5 Å². The molecule has 102 valence electrons. The van der Waals surface area contributed by atoms with Crippen molar-refractivity contribution in [3.63, 3.8) is 0 Å². The summed E-state index contributed by atoms with van der Waals surface area (Å²) in [6, 6.07) is 11.0. The van der Waals surface area contributed by atoms with Crippen molar-refractivity contribution in [3.05, 3.63) is 29.8 Å². The largest absolute Gasteiger partial charge is 0.356 e. The zero-order valence-electron chi connectivity index (χ0n) is 11.3. The van der Waals surface area contributed by atoms with Gasteiger partial charge in [0.05, 0.1) is 24.1 Å². The molecule has 2 atom stereocenters. The minimum absolute atomic E-state index is 0.111. The smallest absolute Gasteiger partial charge is 0.243 e. The van der Waals surface area contributed by atoms with Crippen molar-refractivity contribution >= 4 is 11.6 Å². The Morgan fingerprint density at radius 3 is 2.65 bits per heavy atom. The first kappa shape index (κ1) is 13.9. The summed E-state index contributed by atoms with van der Waals surface area (Å²) < 4.78 is 0. The normalized spacial score (nSPS) is 22.4. The summed E-state index contributed by atoms with van der Waals surface area (Å²) in [5.74, 6) is -0.111. The fourth-order valence-corrected chi connectivity index (χ4v) is 2.51. The first-order valence-electron chi connectivity index (χ1n) is 6.60. The zero-order valence-corrected chi connectivity index (χ0v) is 11.3. The molecule has 0 saturated carbocycles. The summed E-state index contributed by atoms with van der Waals surface area (Å²) >= 11 is 0. The summed E-state index contributed by atoms with van der Waals surface area (Å²) in [6.07, 6.45) is 0.976. The van der Waals surface area contributed by atoms with Gasteiger partial charge in [-0.25, -0.2) is 0 Å². The van der Waals surface area contributed by atoms with Crippen molar-refractivity contribution in [2.24, 2.45) is 0 Å². The molecule has 0 aliphatic carbocycles. The standard InChI is InChI=1S/C15H16N4O/c1-11-7-9-18-15(20)14(6-8-16)19(11)13-4-2-12(10-17)3-5-13/h2-5,11,14H,6-7,9H2,1H3,(H,18,20). The van der Waals surface area contributed by atoms with Crippen LogP contribution in [0.4, 0.5) is 5.69 Å². The summed E-state index contributed by atoms with van der Waals surface area (Å²) in [6.45, 7) is 2.66. The third-order valence-electron chi connectivity index (χ3n) is 3.55. The van der Waals surface area contributed by atoms with E-state index in [4.69, 9.17) is 10.5 Å². The van der Waals surface area contributed by atoms with E-state index in [1.807, 2.05) is 24.0 Å². The predicted molar refractivity (Wildman–Crippen MR) is 74.7 cm³/mol. The maximum atomic E-state index is 12.1. The maximum Gasteiger partial charge on any atom is 0.243 e. The zero-order chi connectivity index (χ0) is 14.5. The van der Waals surface area contributed by atoms with E-state index in [1.165, 1.54) is 0 Å². The first-order chi connectivity index (χ1) is 9.67. The van der Waals surface area contributed by atoms with Crippen molar-refractivity contribution in [2.45, 2.75) is 31.8 Å². The van der Waals surface area contributed by atoms with Gasteiger partial charge < -0.3 is 10.2 Å². The van der Waals surface area contributed by atoms with Crippen LogP contribution < -0.4 is 10.2 Å². The number of hydrogen-bond donors (Lipinski definition) is 1. The molecular formula is C15H16N4O. The van der Waals surface area contributed by atoms with Crippen LogP contribution in [0.15, 0.2) is 24.3 Å². The molecule has 0 aromatic heterocycles. The number of carbonyl (C=O) groups excluding carboxylic acids is 1. The Kier molecular flexibility index (Phi) is 4.22. The molecule has 2 rings (SSSR count). The molecule has 1 fully saturated rings. The third kappa shape index (κ3) is 2.73. The van der Waals surface area contributed by atoms with E-state index in [-0.39, 0.29) is 18.4 Å². The molecule has 1 aliphatic heterocycles. The monoisotopic (exact) mass is 268 g/mol.